The highest BCUT2D eigenvalue weighted by molar-refractivity contribution is 6.41. The van der Waals surface area contributed by atoms with Crippen LogP contribution < -0.4 is 10.6 Å². The van der Waals surface area contributed by atoms with Crippen LogP contribution in [0.25, 0.3) is 0 Å². The second-order valence-corrected chi connectivity index (χ2v) is 5.46. The van der Waals surface area contributed by atoms with E-state index in [-0.39, 0.29) is 6.54 Å². The largest absolute Gasteiger partial charge is 0.388 e. The first-order valence-electron chi connectivity index (χ1n) is 6.89. The predicted molar refractivity (Wildman–Crippen MR) is 83.4 cm³/mol. The van der Waals surface area contributed by atoms with Gasteiger partial charge in [0.05, 0.1) is 16.3 Å². The lowest BCUT2D eigenvalue weighted by Gasteiger charge is -2.25. The summed E-state index contributed by atoms with van der Waals surface area (Å²) in [5.74, 6) is -1.61. The zero-order valence-corrected chi connectivity index (χ0v) is 13.3. The summed E-state index contributed by atoms with van der Waals surface area (Å²) in [6.07, 6.45) is 0.990. The Morgan fingerprint density at radius 1 is 1.24 bits per heavy atom. The van der Waals surface area contributed by atoms with Crippen molar-refractivity contribution in [1.29, 1.82) is 0 Å². The summed E-state index contributed by atoms with van der Waals surface area (Å²) in [7, 11) is 0. The van der Waals surface area contributed by atoms with Crippen molar-refractivity contribution in [2.45, 2.75) is 39.2 Å². The Kier molecular flexibility index (Phi) is 6.18. The van der Waals surface area contributed by atoms with Crippen molar-refractivity contribution in [1.82, 2.24) is 5.32 Å². The molecule has 0 saturated heterocycles. The maximum atomic E-state index is 11.8. The zero-order valence-electron chi connectivity index (χ0n) is 12.5. The smallest absolute Gasteiger partial charge is 0.313 e. The molecular formula is C15H21ClN2O3. The highest BCUT2D eigenvalue weighted by Crippen LogP contribution is 2.22. The van der Waals surface area contributed by atoms with Gasteiger partial charge in [0.1, 0.15) is 0 Å². The van der Waals surface area contributed by atoms with Crippen LogP contribution in [0.4, 0.5) is 5.69 Å². The molecule has 0 unspecified atom stereocenters. The average molecular weight is 313 g/mol. The second kappa shape index (κ2) is 7.43. The van der Waals surface area contributed by atoms with Gasteiger partial charge in [-0.05, 0) is 37.5 Å². The minimum atomic E-state index is -0.989. The van der Waals surface area contributed by atoms with E-state index in [0.29, 0.717) is 23.6 Å². The molecule has 2 amide bonds. The molecule has 3 N–H and O–H groups in total. The Hall–Kier alpha value is -1.59. The molecule has 5 nitrogen and oxygen atoms in total. The number of halogens is 1. The summed E-state index contributed by atoms with van der Waals surface area (Å²) in [5, 5.41) is 15.3. The van der Waals surface area contributed by atoms with Crippen molar-refractivity contribution in [2.75, 3.05) is 11.9 Å². The lowest BCUT2D eigenvalue weighted by Crippen LogP contribution is -2.45. The summed E-state index contributed by atoms with van der Waals surface area (Å²) < 4.78 is 0. The predicted octanol–water partition coefficient (Wildman–Crippen LogP) is 2.25. The maximum Gasteiger partial charge on any atom is 0.313 e. The van der Waals surface area contributed by atoms with Gasteiger partial charge in [-0.25, -0.2) is 0 Å². The molecule has 1 aromatic carbocycles. The van der Waals surface area contributed by atoms with Crippen molar-refractivity contribution in [3.8, 4) is 0 Å². The number of anilines is 1. The topological polar surface area (TPSA) is 78.4 Å². The van der Waals surface area contributed by atoms with Crippen LogP contribution in [0.3, 0.4) is 0 Å². The van der Waals surface area contributed by atoms with Crippen LogP contribution in [0.15, 0.2) is 18.2 Å². The van der Waals surface area contributed by atoms with Crippen LogP contribution in [-0.4, -0.2) is 29.1 Å². The van der Waals surface area contributed by atoms with E-state index in [4.69, 9.17) is 11.6 Å². The van der Waals surface area contributed by atoms with Gasteiger partial charge in [0.25, 0.3) is 0 Å². The molecule has 0 atom stereocenters. The van der Waals surface area contributed by atoms with Crippen molar-refractivity contribution in [3.63, 3.8) is 0 Å². The molecule has 0 aromatic heterocycles. The van der Waals surface area contributed by atoms with E-state index in [1.165, 1.54) is 0 Å². The third kappa shape index (κ3) is 5.02. The number of aryl methyl sites for hydroxylation is 1. The average Bonchev–Trinajstić information content (AvgIpc) is 2.48. The van der Waals surface area contributed by atoms with Gasteiger partial charge in [0, 0.05) is 6.54 Å². The first-order valence-corrected chi connectivity index (χ1v) is 7.27. The van der Waals surface area contributed by atoms with Crippen LogP contribution in [0.1, 0.15) is 32.3 Å². The molecule has 0 radical (unpaired) electrons. The van der Waals surface area contributed by atoms with Gasteiger partial charge < -0.3 is 15.7 Å². The Balaban J connectivity index is 2.63. The summed E-state index contributed by atoms with van der Waals surface area (Å²) in [6.45, 7) is 5.53. The summed E-state index contributed by atoms with van der Waals surface area (Å²) in [5.41, 5.74) is 0.316. The minimum Gasteiger partial charge on any atom is -0.388 e. The van der Waals surface area contributed by atoms with Crippen molar-refractivity contribution >= 4 is 29.1 Å². The molecule has 0 spiro atoms. The number of nitrogens with one attached hydrogen (secondary N) is 2. The molecule has 0 aliphatic rings. The standard InChI is InChI=1S/C15H21ClN2O3/c1-4-15(21,5-2)9-17-13(19)14(20)18-12-8-10(3)6-7-11(12)16/h6-8,21H,4-5,9H2,1-3H3,(H,17,19)(H,18,20). The number of rotatable bonds is 5. The van der Waals surface area contributed by atoms with Crippen LogP contribution in [0.2, 0.25) is 5.02 Å². The SMILES string of the molecule is CCC(O)(CC)CNC(=O)C(=O)Nc1cc(C)ccc1Cl. The molecule has 1 aromatic rings. The number of benzene rings is 1. The Morgan fingerprint density at radius 2 is 1.86 bits per heavy atom. The molecule has 1 rings (SSSR count). The number of hydrogen-bond donors (Lipinski definition) is 3. The number of carbonyl (C=O) groups excluding carboxylic acids is 2. The molecule has 0 aliphatic heterocycles. The highest BCUT2D eigenvalue weighted by Gasteiger charge is 2.24. The monoisotopic (exact) mass is 312 g/mol. The minimum absolute atomic E-state index is 0.0355. The first-order chi connectivity index (χ1) is 9.81. The Morgan fingerprint density at radius 3 is 2.43 bits per heavy atom. The van der Waals surface area contributed by atoms with Crippen molar-refractivity contribution < 1.29 is 14.7 Å². The zero-order chi connectivity index (χ0) is 16.0. The van der Waals surface area contributed by atoms with E-state index in [1.54, 1.807) is 18.2 Å². The van der Waals surface area contributed by atoms with Gasteiger partial charge in [-0.15, -0.1) is 0 Å². The molecule has 0 aliphatic carbocycles. The third-order valence-corrected chi connectivity index (χ3v) is 3.80. The number of aliphatic hydroxyl groups is 1. The van der Waals surface area contributed by atoms with Crippen molar-refractivity contribution in [3.05, 3.63) is 28.8 Å². The van der Waals surface area contributed by atoms with E-state index >= 15 is 0 Å². The molecular weight excluding hydrogens is 292 g/mol. The summed E-state index contributed by atoms with van der Waals surface area (Å²) in [4.78, 5) is 23.6. The maximum absolute atomic E-state index is 11.8. The summed E-state index contributed by atoms with van der Waals surface area (Å²) >= 11 is 5.95. The second-order valence-electron chi connectivity index (χ2n) is 5.05. The van der Waals surface area contributed by atoms with Gasteiger partial charge in [-0.2, -0.15) is 0 Å². The van der Waals surface area contributed by atoms with E-state index in [1.807, 2.05) is 20.8 Å². The van der Waals surface area contributed by atoms with Crippen LogP contribution >= 0.6 is 11.6 Å². The lowest BCUT2D eigenvalue weighted by atomic mass is 9.98. The fourth-order valence-electron chi connectivity index (χ4n) is 1.74. The quantitative estimate of drug-likeness (QED) is 0.730. The van der Waals surface area contributed by atoms with Gasteiger partial charge in [0.15, 0.2) is 0 Å². The molecule has 0 fully saturated rings. The number of hydrogen-bond acceptors (Lipinski definition) is 3. The molecule has 0 bridgehead atoms. The van der Waals surface area contributed by atoms with Gasteiger partial charge >= 0.3 is 11.8 Å². The Bertz CT molecular complexity index is 528. The van der Waals surface area contributed by atoms with Crippen LogP contribution in [-0.2, 0) is 9.59 Å². The molecule has 21 heavy (non-hydrogen) atoms. The first kappa shape index (κ1) is 17.5. The van der Waals surface area contributed by atoms with E-state index < -0.39 is 17.4 Å². The van der Waals surface area contributed by atoms with E-state index in [2.05, 4.69) is 10.6 Å². The van der Waals surface area contributed by atoms with Crippen molar-refractivity contribution in [2.24, 2.45) is 0 Å². The fourth-order valence-corrected chi connectivity index (χ4v) is 1.90. The number of carbonyl (C=O) groups is 2. The number of amides is 2. The molecule has 0 heterocycles. The van der Waals surface area contributed by atoms with Crippen LogP contribution in [0.5, 0.6) is 0 Å². The van der Waals surface area contributed by atoms with Gasteiger partial charge in [0.2, 0.25) is 0 Å². The van der Waals surface area contributed by atoms with E-state index in [9.17, 15) is 14.7 Å². The third-order valence-electron chi connectivity index (χ3n) is 3.47. The lowest BCUT2D eigenvalue weighted by molar-refractivity contribution is -0.136. The van der Waals surface area contributed by atoms with E-state index in [0.717, 1.165) is 5.56 Å². The van der Waals surface area contributed by atoms with Crippen LogP contribution in [0, 0.1) is 6.92 Å². The normalized spacial score (nSPS) is 11.1. The highest BCUT2D eigenvalue weighted by atomic mass is 35.5. The molecule has 6 heteroatoms. The molecule has 116 valence electrons. The summed E-state index contributed by atoms with van der Waals surface area (Å²) in [6, 6.07) is 5.14. The van der Waals surface area contributed by atoms with Gasteiger partial charge in [-0.3, -0.25) is 9.59 Å². The molecule has 0 saturated carbocycles. The van der Waals surface area contributed by atoms with Gasteiger partial charge in [-0.1, -0.05) is 31.5 Å². The fraction of sp³-hybridized carbons (Fsp3) is 0.467. The Labute approximate surface area is 129 Å².